The first-order chi connectivity index (χ1) is 8.36. The predicted octanol–water partition coefficient (Wildman–Crippen LogP) is -2.05. The van der Waals surface area contributed by atoms with Crippen LogP contribution in [-0.2, 0) is 6.42 Å². The molecule has 1 heterocycles. The fourth-order valence-corrected chi connectivity index (χ4v) is 0.966. The third kappa shape index (κ3) is 2.78. The van der Waals surface area contributed by atoms with Gasteiger partial charge in [-0.25, -0.2) is 21.3 Å². The lowest BCUT2D eigenvalue weighted by atomic mass is 10.4. The monoisotopic (exact) mass is 255 g/mol. The summed E-state index contributed by atoms with van der Waals surface area (Å²) in [6, 6.07) is -1.95. The lowest BCUT2D eigenvalue weighted by Crippen LogP contribution is -2.45. The Morgan fingerprint density at radius 3 is 1.67 bits per heavy atom. The summed E-state index contributed by atoms with van der Waals surface area (Å²) in [5, 5.41) is 0.998. The van der Waals surface area contributed by atoms with Crippen LogP contribution in [0.5, 0.6) is 0 Å². The number of hydrogen-bond donors (Lipinski definition) is 4. The highest BCUT2D eigenvalue weighted by atomic mass is 16.2. The lowest BCUT2D eigenvalue weighted by Gasteiger charge is -2.16. The summed E-state index contributed by atoms with van der Waals surface area (Å²) in [5.41, 5.74) is 9.94. The number of nitrogens with zero attached hydrogens (tertiary/aromatic N) is 5. The molecular weight excluding hydrogens is 242 g/mol. The summed E-state index contributed by atoms with van der Waals surface area (Å²) in [7, 11) is 0. The summed E-state index contributed by atoms with van der Waals surface area (Å²) >= 11 is 0. The Hall–Kier alpha value is -2.53. The van der Waals surface area contributed by atoms with Crippen molar-refractivity contribution in [1.29, 1.82) is 0 Å². The fourth-order valence-electron chi connectivity index (χ4n) is 0.966. The zero-order valence-electron chi connectivity index (χ0n) is 9.57. The van der Waals surface area contributed by atoms with E-state index in [1.807, 2.05) is 0 Å². The molecule has 0 aliphatic heterocycles. The van der Waals surface area contributed by atoms with Gasteiger partial charge in [0.15, 0.2) is 0 Å². The highest BCUT2D eigenvalue weighted by Gasteiger charge is 2.18. The maximum atomic E-state index is 10.9. The first-order valence-corrected chi connectivity index (χ1v) is 4.80. The van der Waals surface area contributed by atoms with Crippen molar-refractivity contribution < 1.29 is 9.59 Å². The van der Waals surface area contributed by atoms with Gasteiger partial charge in [-0.05, 0) is 0 Å². The molecule has 0 atom stereocenters. The standard InChI is InChI=1S/C7H13N9O2/c1-2-3-12-6(15(10)4(8)17)14-7(13-3)16(11)5(9)18/h2,10-11H2,1H3,(H2,8,17)(H2,9,18). The molecule has 18 heavy (non-hydrogen) atoms. The van der Waals surface area contributed by atoms with Gasteiger partial charge in [0.1, 0.15) is 5.82 Å². The van der Waals surface area contributed by atoms with E-state index < -0.39 is 12.1 Å². The van der Waals surface area contributed by atoms with Gasteiger partial charge in [-0.2, -0.15) is 25.0 Å². The minimum absolute atomic E-state index is 0.235. The molecule has 0 saturated carbocycles. The van der Waals surface area contributed by atoms with E-state index in [0.717, 1.165) is 0 Å². The van der Waals surface area contributed by atoms with Crippen molar-refractivity contribution in [2.24, 2.45) is 23.2 Å². The number of carbonyl (C=O) groups excluding carboxylic acids is 2. The molecule has 8 N–H and O–H groups in total. The van der Waals surface area contributed by atoms with Crippen LogP contribution < -0.4 is 33.2 Å². The highest BCUT2D eigenvalue weighted by Crippen LogP contribution is 2.10. The van der Waals surface area contributed by atoms with Crippen molar-refractivity contribution in [3.63, 3.8) is 0 Å². The van der Waals surface area contributed by atoms with Crippen LogP contribution in [0.3, 0.4) is 0 Å². The van der Waals surface area contributed by atoms with Crippen LogP contribution in [0.1, 0.15) is 12.7 Å². The molecule has 0 aliphatic rings. The molecule has 11 nitrogen and oxygen atoms in total. The number of rotatable bonds is 3. The molecule has 0 aliphatic carbocycles. The van der Waals surface area contributed by atoms with E-state index in [-0.39, 0.29) is 17.7 Å². The van der Waals surface area contributed by atoms with E-state index in [1.54, 1.807) is 6.92 Å². The minimum atomic E-state index is -0.975. The zero-order valence-corrected chi connectivity index (χ0v) is 9.57. The Balaban J connectivity index is 3.25. The van der Waals surface area contributed by atoms with Crippen LogP contribution >= 0.6 is 0 Å². The normalized spacial score (nSPS) is 9.94. The average Bonchev–Trinajstić information content (AvgIpc) is 2.35. The Kier molecular flexibility index (Phi) is 3.91. The van der Waals surface area contributed by atoms with Crippen molar-refractivity contribution >= 4 is 24.0 Å². The summed E-state index contributed by atoms with van der Waals surface area (Å²) in [5.74, 6) is 10.5. The molecule has 98 valence electrons. The van der Waals surface area contributed by atoms with Gasteiger partial charge in [-0.15, -0.1) is 0 Å². The van der Waals surface area contributed by atoms with E-state index in [2.05, 4.69) is 15.0 Å². The number of hydrazine groups is 2. The number of aryl methyl sites for hydroxylation is 1. The summed E-state index contributed by atoms with van der Waals surface area (Å²) in [6.45, 7) is 1.75. The second-order valence-electron chi connectivity index (χ2n) is 3.12. The van der Waals surface area contributed by atoms with Gasteiger partial charge in [0.25, 0.3) is 11.9 Å². The third-order valence-electron chi connectivity index (χ3n) is 1.88. The SMILES string of the molecule is CCc1nc(N(N)C(N)=O)nc(N(N)C(N)=O)n1. The highest BCUT2D eigenvalue weighted by molar-refractivity contribution is 5.89. The van der Waals surface area contributed by atoms with Crippen LogP contribution in [0, 0.1) is 0 Å². The van der Waals surface area contributed by atoms with E-state index in [4.69, 9.17) is 23.2 Å². The zero-order chi connectivity index (χ0) is 13.9. The molecule has 0 unspecified atom stereocenters. The van der Waals surface area contributed by atoms with Gasteiger partial charge in [-0.1, -0.05) is 6.92 Å². The molecule has 1 aromatic rings. The van der Waals surface area contributed by atoms with Gasteiger partial charge in [-0.3, -0.25) is 0 Å². The Labute approximate surface area is 102 Å². The van der Waals surface area contributed by atoms with Crippen molar-refractivity contribution in [3.8, 4) is 0 Å². The Morgan fingerprint density at radius 1 is 1.00 bits per heavy atom. The van der Waals surface area contributed by atoms with Gasteiger partial charge >= 0.3 is 12.1 Å². The van der Waals surface area contributed by atoms with Gasteiger partial charge in [0.2, 0.25) is 0 Å². The molecule has 1 rings (SSSR count). The van der Waals surface area contributed by atoms with Crippen molar-refractivity contribution in [1.82, 2.24) is 15.0 Å². The molecule has 0 saturated heterocycles. The topological polar surface area (TPSA) is 183 Å². The molecule has 1 aromatic heterocycles. The smallest absolute Gasteiger partial charge is 0.336 e. The molecule has 0 radical (unpaired) electrons. The van der Waals surface area contributed by atoms with Crippen LogP contribution in [0.4, 0.5) is 21.5 Å². The minimum Gasteiger partial charge on any atom is -0.350 e. The van der Waals surface area contributed by atoms with E-state index in [1.165, 1.54) is 0 Å². The summed E-state index contributed by atoms with van der Waals surface area (Å²) < 4.78 is 0. The first kappa shape index (κ1) is 13.5. The molecule has 0 bridgehead atoms. The van der Waals surface area contributed by atoms with Crippen LogP contribution in [0.2, 0.25) is 0 Å². The number of aromatic nitrogens is 3. The number of urea groups is 2. The van der Waals surface area contributed by atoms with Crippen molar-refractivity contribution in [2.75, 3.05) is 10.0 Å². The summed E-state index contributed by atoms with van der Waals surface area (Å²) in [6.07, 6.45) is 0.404. The number of carbonyl (C=O) groups is 2. The molecular formula is C7H13N9O2. The first-order valence-electron chi connectivity index (χ1n) is 4.80. The number of anilines is 2. The van der Waals surface area contributed by atoms with Crippen LogP contribution in [0.15, 0.2) is 0 Å². The molecule has 11 heteroatoms. The van der Waals surface area contributed by atoms with Crippen molar-refractivity contribution in [3.05, 3.63) is 5.82 Å². The number of nitrogens with two attached hydrogens (primary N) is 4. The lowest BCUT2D eigenvalue weighted by molar-refractivity contribution is 0.253. The second kappa shape index (κ2) is 5.20. The van der Waals surface area contributed by atoms with Crippen LogP contribution in [-0.4, -0.2) is 27.0 Å². The number of hydrogen-bond acceptors (Lipinski definition) is 7. The third-order valence-corrected chi connectivity index (χ3v) is 1.88. The van der Waals surface area contributed by atoms with E-state index in [0.29, 0.717) is 16.4 Å². The van der Waals surface area contributed by atoms with Crippen molar-refractivity contribution in [2.45, 2.75) is 13.3 Å². The van der Waals surface area contributed by atoms with Gasteiger partial charge in [0.05, 0.1) is 0 Å². The molecule has 0 aromatic carbocycles. The Bertz CT molecular complexity index is 438. The van der Waals surface area contributed by atoms with E-state index in [9.17, 15) is 9.59 Å². The van der Waals surface area contributed by atoms with Gasteiger partial charge < -0.3 is 11.5 Å². The quantitative estimate of drug-likeness (QED) is 0.272. The second-order valence-corrected chi connectivity index (χ2v) is 3.12. The maximum Gasteiger partial charge on any atom is 0.336 e. The Morgan fingerprint density at radius 2 is 1.39 bits per heavy atom. The maximum absolute atomic E-state index is 10.9. The predicted molar refractivity (Wildman–Crippen MR) is 61.7 cm³/mol. The van der Waals surface area contributed by atoms with Gasteiger partial charge in [0, 0.05) is 6.42 Å². The molecule has 0 spiro atoms. The van der Waals surface area contributed by atoms with Crippen LogP contribution in [0.25, 0.3) is 0 Å². The molecule has 0 fully saturated rings. The summed E-state index contributed by atoms with van der Waals surface area (Å²) in [4.78, 5) is 33.2. The fraction of sp³-hybridized carbons (Fsp3) is 0.286. The molecule has 4 amide bonds. The number of amides is 4. The average molecular weight is 255 g/mol. The number of primary amides is 2. The largest absolute Gasteiger partial charge is 0.350 e. The van der Waals surface area contributed by atoms with E-state index >= 15 is 0 Å².